The zero-order valence-corrected chi connectivity index (χ0v) is 12.8. The average molecular weight is 335 g/mol. The van der Waals surface area contributed by atoms with Crippen LogP contribution in [0.4, 0.5) is 10.2 Å². The molecule has 0 radical (unpaired) electrons. The van der Waals surface area contributed by atoms with Gasteiger partial charge in [0.15, 0.2) is 11.9 Å². The van der Waals surface area contributed by atoms with E-state index in [2.05, 4.69) is 10.3 Å². The maximum absolute atomic E-state index is 12.8. The molecule has 0 aliphatic heterocycles. The van der Waals surface area contributed by atoms with E-state index < -0.39 is 22.8 Å². The van der Waals surface area contributed by atoms with Crippen LogP contribution in [0.5, 0.6) is 0 Å². The predicted octanol–water partition coefficient (Wildman–Crippen LogP) is 1.66. The Morgan fingerprint density at radius 3 is 2.62 bits per heavy atom. The van der Waals surface area contributed by atoms with Gasteiger partial charge in [0.25, 0.3) is 0 Å². The number of halogens is 1. The molecule has 0 spiro atoms. The second kappa shape index (κ2) is 6.86. The zero-order chi connectivity index (χ0) is 17.9. The number of hydrogen-bond acceptors (Lipinski definition) is 6. The van der Waals surface area contributed by atoms with Gasteiger partial charge in [-0.15, -0.1) is 0 Å². The van der Waals surface area contributed by atoms with Crippen LogP contribution in [0.1, 0.15) is 24.2 Å². The summed E-state index contributed by atoms with van der Waals surface area (Å²) in [4.78, 5) is 26.8. The quantitative estimate of drug-likeness (QED) is 0.291. The lowest BCUT2D eigenvalue weighted by molar-refractivity contribution is -0.389. The third kappa shape index (κ3) is 3.72. The smallest absolute Gasteiger partial charge is 0.380 e. The minimum atomic E-state index is -0.941. The number of amidine groups is 1. The molecule has 24 heavy (non-hydrogen) atoms. The van der Waals surface area contributed by atoms with E-state index in [0.717, 1.165) is 4.68 Å². The molecular formula is C14H14FN5O4. The second-order valence-electron chi connectivity index (χ2n) is 4.92. The van der Waals surface area contributed by atoms with Crippen molar-refractivity contribution in [2.24, 2.45) is 10.9 Å². The number of nitrogens with two attached hydrogens (primary N) is 1. The summed E-state index contributed by atoms with van der Waals surface area (Å²) in [6, 6.07) is 5.44. The van der Waals surface area contributed by atoms with Crippen LogP contribution < -0.4 is 5.73 Å². The van der Waals surface area contributed by atoms with Crippen LogP contribution in [0.15, 0.2) is 35.5 Å². The van der Waals surface area contributed by atoms with E-state index in [1.807, 2.05) is 0 Å². The fourth-order valence-corrected chi connectivity index (χ4v) is 1.90. The number of oxime groups is 1. The summed E-state index contributed by atoms with van der Waals surface area (Å²) in [6.45, 7) is 3.02. The summed E-state index contributed by atoms with van der Waals surface area (Å²) in [6.07, 6.45) is 0. The van der Waals surface area contributed by atoms with E-state index in [-0.39, 0.29) is 11.7 Å². The molecule has 2 aromatic rings. The Bertz CT molecular complexity index is 800. The Morgan fingerprint density at radius 1 is 1.46 bits per heavy atom. The van der Waals surface area contributed by atoms with Gasteiger partial charge in [-0.05, 0) is 43.0 Å². The normalized spacial score (nSPS) is 12.7. The van der Waals surface area contributed by atoms with Gasteiger partial charge in [-0.2, -0.15) is 4.68 Å². The molecule has 0 aliphatic carbocycles. The molecule has 0 saturated heterocycles. The molecule has 9 nitrogen and oxygen atoms in total. The van der Waals surface area contributed by atoms with E-state index in [0.29, 0.717) is 11.3 Å². The van der Waals surface area contributed by atoms with Gasteiger partial charge < -0.3 is 20.7 Å². The molecule has 2 N–H and O–H groups in total. The van der Waals surface area contributed by atoms with Crippen molar-refractivity contribution in [3.05, 3.63) is 57.5 Å². The highest BCUT2D eigenvalue weighted by Gasteiger charge is 2.26. The Labute approximate surface area is 135 Å². The number of nitrogens with zero attached hydrogens (tertiary/aromatic N) is 4. The monoisotopic (exact) mass is 335 g/mol. The molecule has 126 valence electrons. The highest BCUT2D eigenvalue weighted by Crippen LogP contribution is 2.17. The third-order valence-electron chi connectivity index (χ3n) is 3.18. The molecule has 1 aromatic carbocycles. The van der Waals surface area contributed by atoms with E-state index in [4.69, 9.17) is 10.6 Å². The van der Waals surface area contributed by atoms with Crippen LogP contribution in [0.25, 0.3) is 0 Å². The standard InChI is InChI=1S/C14H14FN5O4/c1-8-7-12(20(22)23)17-19(8)9(2)14(21)24-18-13(16)10-3-5-11(15)6-4-10/h3-7,9H,1-2H3,(H2,16,18). The summed E-state index contributed by atoms with van der Waals surface area (Å²) in [5.41, 5.74) is 6.44. The van der Waals surface area contributed by atoms with Crippen LogP contribution in [0.3, 0.4) is 0 Å². The molecule has 0 amide bonds. The lowest BCUT2D eigenvalue weighted by Gasteiger charge is -2.07. The van der Waals surface area contributed by atoms with Crippen molar-refractivity contribution in [2.75, 3.05) is 0 Å². The summed E-state index contributed by atoms with van der Waals surface area (Å²) in [5.74, 6) is -1.73. The van der Waals surface area contributed by atoms with Crippen molar-refractivity contribution in [1.29, 1.82) is 0 Å². The van der Waals surface area contributed by atoms with E-state index in [1.165, 1.54) is 37.3 Å². The van der Waals surface area contributed by atoms with Gasteiger partial charge in [-0.3, -0.25) is 0 Å². The third-order valence-corrected chi connectivity index (χ3v) is 3.18. The Hall–Kier alpha value is -3.30. The number of aryl methyl sites for hydroxylation is 1. The molecule has 10 heteroatoms. The predicted molar refractivity (Wildman–Crippen MR) is 81.5 cm³/mol. The molecule has 1 unspecified atom stereocenters. The number of benzene rings is 1. The summed E-state index contributed by atoms with van der Waals surface area (Å²) in [7, 11) is 0. The number of rotatable bonds is 5. The van der Waals surface area contributed by atoms with Gasteiger partial charge in [-0.25, -0.2) is 9.18 Å². The minimum absolute atomic E-state index is 0.112. The van der Waals surface area contributed by atoms with Crippen molar-refractivity contribution >= 4 is 17.6 Å². The van der Waals surface area contributed by atoms with Gasteiger partial charge in [-0.1, -0.05) is 5.16 Å². The highest BCUT2D eigenvalue weighted by atomic mass is 19.1. The van der Waals surface area contributed by atoms with Crippen LogP contribution in [-0.4, -0.2) is 26.5 Å². The van der Waals surface area contributed by atoms with Crippen molar-refractivity contribution < 1.29 is 18.9 Å². The van der Waals surface area contributed by atoms with E-state index in [1.54, 1.807) is 6.92 Å². The minimum Gasteiger partial charge on any atom is -0.380 e. The molecule has 0 saturated carbocycles. The van der Waals surface area contributed by atoms with Gasteiger partial charge in [0.2, 0.25) is 0 Å². The average Bonchev–Trinajstić information content (AvgIpc) is 2.94. The van der Waals surface area contributed by atoms with Crippen LogP contribution in [0, 0.1) is 22.9 Å². The zero-order valence-electron chi connectivity index (χ0n) is 12.8. The van der Waals surface area contributed by atoms with Crippen molar-refractivity contribution in [3.63, 3.8) is 0 Å². The maximum Gasteiger partial charge on any atom is 0.390 e. The maximum atomic E-state index is 12.8. The van der Waals surface area contributed by atoms with E-state index >= 15 is 0 Å². The number of hydrogen-bond donors (Lipinski definition) is 1. The lowest BCUT2D eigenvalue weighted by Crippen LogP contribution is -2.22. The fraction of sp³-hybridized carbons (Fsp3) is 0.214. The first kappa shape index (κ1) is 17.1. The van der Waals surface area contributed by atoms with Gasteiger partial charge in [0, 0.05) is 5.56 Å². The van der Waals surface area contributed by atoms with Gasteiger partial charge in [0.05, 0.1) is 16.9 Å². The Balaban J connectivity index is 2.10. The number of aromatic nitrogens is 2. The first-order valence-corrected chi connectivity index (χ1v) is 6.80. The lowest BCUT2D eigenvalue weighted by atomic mass is 10.2. The summed E-state index contributed by atoms with van der Waals surface area (Å²) >= 11 is 0. The number of nitro groups is 1. The molecule has 0 aliphatic rings. The fourth-order valence-electron chi connectivity index (χ4n) is 1.90. The molecule has 0 fully saturated rings. The molecular weight excluding hydrogens is 321 g/mol. The second-order valence-corrected chi connectivity index (χ2v) is 4.92. The summed E-state index contributed by atoms with van der Waals surface area (Å²) < 4.78 is 14.0. The van der Waals surface area contributed by atoms with Crippen molar-refractivity contribution in [3.8, 4) is 0 Å². The largest absolute Gasteiger partial charge is 0.390 e. The molecule has 2 rings (SSSR count). The SMILES string of the molecule is Cc1cc([N+](=O)[O-])nn1C(C)C(=O)O/N=C(\N)c1ccc(F)cc1. The summed E-state index contributed by atoms with van der Waals surface area (Å²) in [5, 5.41) is 17.9. The molecule has 1 aromatic heterocycles. The highest BCUT2D eigenvalue weighted by molar-refractivity contribution is 5.97. The number of carbonyl (C=O) groups excluding carboxylic acids is 1. The van der Waals surface area contributed by atoms with Crippen LogP contribution in [0.2, 0.25) is 0 Å². The van der Waals surface area contributed by atoms with Crippen LogP contribution in [-0.2, 0) is 9.63 Å². The Morgan fingerprint density at radius 2 is 2.08 bits per heavy atom. The Kier molecular flexibility index (Phi) is 4.87. The van der Waals surface area contributed by atoms with Crippen molar-refractivity contribution in [2.45, 2.75) is 19.9 Å². The van der Waals surface area contributed by atoms with Gasteiger partial charge >= 0.3 is 11.8 Å². The first-order chi connectivity index (χ1) is 11.3. The van der Waals surface area contributed by atoms with Crippen molar-refractivity contribution in [1.82, 2.24) is 9.78 Å². The topological polar surface area (TPSA) is 126 Å². The van der Waals surface area contributed by atoms with E-state index in [9.17, 15) is 19.3 Å². The first-order valence-electron chi connectivity index (χ1n) is 6.80. The molecule has 0 bridgehead atoms. The van der Waals surface area contributed by atoms with Gasteiger partial charge in [0.1, 0.15) is 5.82 Å². The molecule has 1 heterocycles. The van der Waals surface area contributed by atoms with Crippen LogP contribution >= 0.6 is 0 Å². The number of carbonyl (C=O) groups is 1. The molecule has 1 atom stereocenters.